The number of aliphatic hydroxyl groups excluding tert-OH is 1. The molecule has 0 radical (unpaired) electrons. The summed E-state index contributed by atoms with van der Waals surface area (Å²) < 4.78 is 18.0. The molecule has 0 spiro atoms. The lowest BCUT2D eigenvalue weighted by molar-refractivity contribution is 0.0777. The maximum Gasteiger partial charge on any atom is 0.255 e. The van der Waals surface area contributed by atoms with E-state index in [0.29, 0.717) is 0 Å². The molecule has 138 valence electrons. The zero-order valence-electron chi connectivity index (χ0n) is 14.4. The quantitative estimate of drug-likeness (QED) is 0.725. The fourth-order valence-electron chi connectivity index (χ4n) is 2.43. The summed E-state index contributed by atoms with van der Waals surface area (Å²) in [5, 5.41) is 19.2. The highest BCUT2D eigenvalue weighted by Gasteiger charge is 2.24. The minimum Gasteiger partial charge on any atom is -0.505 e. The molecule has 1 heterocycles. The van der Waals surface area contributed by atoms with Crippen LogP contribution in [0.4, 0.5) is 4.39 Å². The Balaban J connectivity index is 2.33. The number of ketones is 1. The predicted octanol–water partition coefficient (Wildman–Crippen LogP) is 1.52. The number of rotatable bonds is 7. The highest BCUT2D eigenvalue weighted by Crippen LogP contribution is 2.26. The van der Waals surface area contributed by atoms with E-state index in [9.17, 15) is 19.1 Å². The van der Waals surface area contributed by atoms with Crippen LogP contribution in [0.2, 0.25) is 0 Å². The Morgan fingerprint density at radius 1 is 1.27 bits per heavy atom. The van der Waals surface area contributed by atoms with Crippen molar-refractivity contribution in [3.05, 3.63) is 58.7 Å². The second-order valence-corrected chi connectivity index (χ2v) is 5.65. The van der Waals surface area contributed by atoms with Crippen molar-refractivity contribution < 1.29 is 28.9 Å². The van der Waals surface area contributed by atoms with Gasteiger partial charge in [-0.15, -0.1) is 0 Å². The van der Waals surface area contributed by atoms with Crippen LogP contribution in [0.3, 0.4) is 0 Å². The average molecular weight is 362 g/mol. The first-order valence-electron chi connectivity index (χ1n) is 7.72. The molecule has 0 aliphatic rings. The molecule has 0 aliphatic carbocycles. The minimum absolute atomic E-state index is 0.0726. The maximum absolute atomic E-state index is 13.0. The largest absolute Gasteiger partial charge is 0.505 e. The van der Waals surface area contributed by atoms with Crippen molar-refractivity contribution in [2.24, 2.45) is 0 Å². The van der Waals surface area contributed by atoms with Crippen LogP contribution in [0.25, 0.3) is 0 Å². The molecule has 7 nitrogen and oxygen atoms in total. The van der Waals surface area contributed by atoms with Crippen molar-refractivity contribution >= 4 is 11.7 Å². The molecule has 0 unspecified atom stereocenters. The Kier molecular flexibility index (Phi) is 6.37. The van der Waals surface area contributed by atoms with Crippen molar-refractivity contribution in [1.82, 2.24) is 9.88 Å². The first-order chi connectivity index (χ1) is 12.4. The number of aromatic nitrogens is 1. The summed E-state index contributed by atoms with van der Waals surface area (Å²) in [5.74, 6) is -2.08. The smallest absolute Gasteiger partial charge is 0.255 e. The summed E-state index contributed by atoms with van der Waals surface area (Å²) in [4.78, 5) is 29.5. The predicted molar refractivity (Wildman–Crippen MR) is 90.2 cm³/mol. The van der Waals surface area contributed by atoms with Gasteiger partial charge in [0.25, 0.3) is 5.91 Å². The summed E-state index contributed by atoms with van der Waals surface area (Å²) in [7, 11) is 2.93. The lowest BCUT2D eigenvalue weighted by Crippen LogP contribution is -2.28. The van der Waals surface area contributed by atoms with E-state index in [2.05, 4.69) is 4.98 Å². The Morgan fingerprint density at radius 2 is 1.92 bits per heavy atom. The molecule has 0 atom stereocenters. The van der Waals surface area contributed by atoms with Gasteiger partial charge in [-0.2, -0.15) is 0 Å². The number of carbonyl (C=O) groups is 2. The zero-order chi connectivity index (χ0) is 19.3. The first kappa shape index (κ1) is 19.5. The third kappa shape index (κ3) is 4.22. The van der Waals surface area contributed by atoms with E-state index in [1.54, 1.807) is 19.2 Å². The van der Waals surface area contributed by atoms with E-state index < -0.39 is 24.0 Å². The lowest BCUT2D eigenvalue weighted by atomic mass is 10.0. The molecule has 0 saturated carbocycles. The van der Waals surface area contributed by atoms with E-state index in [1.807, 2.05) is 0 Å². The second-order valence-electron chi connectivity index (χ2n) is 5.65. The molecule has 2 N–H and O–H groups in total. The van der Waals surface area contributed by atoms with Gasteiger partial charge in [0.1, 0.15) is 12.4 Å². The number of halogens is 1. The highest BCUT2D eigenvalue weighted by atomic mass is 19.1. The van der Waals surface area contributed by atoms with E-state index in [1.165, 1.54) is 30.3 Å². The summed E-state index contributed by atoms with van der Waals surface area (Å²) in [6.07, 6.45) is 1.17. The van der Waals surface area contributed by atoms with Gasteiger partial charge in [-0.3, -0.25) is 9.59 Å². The van der Waals surface area contributed by atoms with E-state index in [4.69, 9.17) is 9.84 Å². The second kappa shape index (κ2) is 8.50. The van der Waals surface area contributed by atoms with Crippen LogP contribution in [0.15, 0.2) is 30.5 Å². The van der Waals surface area contributed by atoms with Gasteiger partial charge in [0.15, 0.2) is 11.4 Å². The van der Waals surface area contributed by atoms with Gasteiger partial charge in [-0.05, 0) is 17.7 Å². The molecule has 0 saturated heterocycles. The number of hydrogen-bond donors (Lipinski definition) is 2. The van der Waals surface area contributed by atoms with Crippen LogP contribution in [0.5, 0.6) is 5.75 Å². The summed E-state index contributed by atoms with van der Waals surface area (Å²) >= 11 is 0. The van der Waals surface area contributed by atoms with Crippen molar-refractivity contribution in [2.75, 3.05) is 20.8 Å². The van der Waals surface area contributed by atoms with Gasteiger partial charge >= 0.3 is 0 Å². The SMILES string of the molecule is COCc1c(C(=O)N(C)Cc2ccc(F)cc2)cnc(C(=O)CO)c1O. The highest BCUT2D eigenvalue weighted by molar-refractivity contribution is 6.01. The molecule has 1 aromatic carbocycles. The molecule has 26 heavy (non-hydrogen) atoms. The number of aliphatic hydroxyl groups is 1. The van der Waals surface area contributed by atoms with E-state index in [-0.39, 0.29) is 35.8 Å². The lowest BCUT2D eigenvalue weighted by Gasteiger charge is -2.20. The van der Waals surface area contributed by atoms with Crippen molar-refractivity contribution in [3.8, 4) is 5.75 Å². The summed E-state index contributed by atoms with van der Waals surface area (Å²) in [6.45, 7) is -0.722. The van der Waals surface area contributed by atoms with Crippen LogP contribution in [-0.4, -0.2) is 52.6 Å². The molecular weight excluding hydrogens is 343 g/mol. The summed E-state index contributed by atoms with van der Waals surface area (Å²) in [5.41, 5.74) is 0.579. The number of carbonyl (C=O) groups excluding carboxylic acids is 2. The Labute approximate surface area is 149 Å². The van der Waals surface area contributed by atoms with Gasteiger partial charge in [-0.25, -0.2) is 9.37 Å². The van der Waals surface area contributed by atoms with Crippen LogP contribution < -0.4 is 0 Å². The Morgan fingerprint density at radius 3 is 2.50 bits per heavy atom. The number of methoxy groups -OCH3 is 1. The number of pyridine rings is 1. The van der Waals surface area contributed by atoms with Gasteiger partial charge in [0.05, 0.1) is 12.2 Å². The third-order valence-electron chi connectivity index (χ3n) is 3.76. The molecule has 2 aromatic rings. The van der Waals surface area contributed by atoms with Crippen LogP contribution in [0, 0.1) is 5.82 Å². The molecule has 0 fully saturated rings. The van der Waals surface area contributed by atoms with Crippen molar-refractivity contribution in [2.45, 2.75) is 13.2 Å². The monoisotopic (exact) mass is 362 g/mol. The third-order valence-corrected chi connectivity index (χ3v) is 3.76. The molecule has 8 heteroatoms. The minimum atomic E-state index is -0.815. The number of amides is 1. The van der Waals surface area contributed by atoms with E-state index >= 15 is 0 Å². The topological polar surface area (TPSA) is 100.0 Å². The van der Waals surface area contributed by atoms with Gasteiger partial charge in [-0.1, -0.05) is 12.1 Å². The fourth-order valence-corrected chi connectivity index (χ4v) is 2.43. The van der Waals surface area contributed by atoms with Gasteiger partial charge in [0.2, 0.25) is 5.78 Å². The molecule has 0 aliphatic heterocycles. The van der Waals surface area contributed by atoms with E-state index in [0.717, 1.165) is 5.56 Å². The maximum atomic E-state index is 13.0. The van der Waals surface area contributed by atoms with Gasteiger partial charge in [0, 0.05) is 32.5 Å². The molecule has 1 amide bonds. The number of ether oxygens (including phenoxy) is 1. The zero-order valence-corrected chi connectivity index (χ0v) is 14.4. The Hall–Kier alpha value is -2.84. The number of benzene rings is 1. The number of Topliss-reactive ketones (excluding diaryl/α,β-unsaturated/α-hetero) is 1. The molecule has 0 bridgehead atoms. The van der Waals surface area contributed by atoms with Crippen LogP contribution >= 0.6 is 0 Å². The number of aromatic hydroxyl groups is 1. The number of nitrogens with zero attached hydrogens (tertiary/aromatic N) is 2. The molecule has 1 aromatic heterocycles. The number of hydrogen-bond acceptors (Lipinski definition) is 6. The van der Waals surface area contributed by atoms with Crippen LogP contribution in [-0.2, 0) is 17.9 Å². The Bertz CT molecular complexity index is 808. The van der Waals surface area contributed by atoms with Crippen LogP contribution in [0.1, 0.15) is 32.0 Å². The fraction of sp³-hybridized carbons (Fsp3) is 0.278. The standard InChI is InChI=1S/C18H19FN2O5/c1-21(8-11-3-5-12(19)6-4-11)18(25)13-7-20-16(15(23)9-22)17(24)14(13)10-26-2/h3-7,22,24H,8-10H2,1-2H3. The first-order valence-corrected chi connectivity index (χ1v) is 7.72. The van der Waals surface area contributed by atoms with Gasteiger partial charge < -0.3 is 19.8 Å². The molecular formula is C18H19FN2O5. The average Bonchev–Trinajstić information content (AvgIpc) is 2.64. The summed E-state index contributed by atoms with van der Waals surface area (Å²) in [6, 6.07) is 5.72. The van der Waals surface area contributed by atoms with Crippen molar-refractivity contribution in [3.63, 3.8) is 0 Å². The van der Waals surface area contributed by atoms with Crippen molar-refractivity contribution in [1.29, 1.82) is 0 Å². The molecule has 2 rings (SSSR count). The normalized spacial score (nSPS) is 10.6.